The second-order valence-electron chi connectivity index (χ2n) is 8.47. The zero-order valence-corrected chi connectivity index (χ0v) is 19.7. The Kier molecular flexibility index (Phi) is 7.14. The molecule has 1 aliphatic rings. The van der Waals surface area contributed by atoms with E-state index in [0.29, 0.717) is 18.4 Å². The van der Waals surface area contributed by atoms with Crippen molar-refractivity contribution in [3.05, 3.63) is 77.1 Å². The molecule has 0 fully saturated rings. The molecule has 182 valence electrons. The summed E-state index contributed by atoms with van der Waals surface area (Å²) in [5, 5.41) is 18.6. The lowest BCUT2D eigenvalue weighted by Gasteiger charge is -2.15. The van der Waals surface area contributed by atoms with Crippen LogP contribution in [0.4, 0.5) is 4.79 Å². The number of carbonyl (C=O) groups is 3. The van der Waals surface area contributed by atoms with Gasteiger partial charge in [0.2, 0.25) is 0 Å². The van der Waals surface area contributed by atoms with E-state index < -0.39 is 24.0 Å². The number of hydrogen-bond acceptors (Lipinski definition) is 5. The summed E-state index contributed by atoms with van der Waals surface area (Å²) in [6.07, 6.45) is 1.77. The van der Waals surface area contributed by atoms with Crippen LogP contribution in [0.2, 0.25) is 0 Å². The molecule has 1 aliphatic carbocycles. The first-order valence-corrected chi connectivity index (χ1v) is 11.5. The van der Waals surface area contributed by atoms with E-state index in [4.69, 9.17) is 4.74 Å². The van der Waals surface area contributed by atoms with Crippen molar-refractivity contribution in [3.63, 3.8) is 0 Å². The molecule has 0 aliphatic heterocycles. The number of alkyl carbamates (subject to hydrolysis) is 1. The third-order valence-electron chi connectivity index (χ3n) is 6.18. The zero-order valence-electron chi connectivity index (χ0n) is 19.7. The number of fused-ring (bicyclic) bond motifs is 3. The Balaban J connectivity index is 1.38. The van der Waals surface area contributed by atoms with Crippen LogP contribution >= 0.6 is 0 Å². The number of amides is 2. The summed E-state index contributed by atoms with van der Waals surface area (Å²) in [5.74, 6) is -1.71. The predicted octanol–water partition coefficient (Wildman–Crippen LogP) is 3.44. The summed E-state index contributed by atoms with van der Waals surface area (Å²) in [5.41, 5.74) is 5.17. The van der Waals surface area contributed by atoms with Crippen LogP contribution in [0.15, 0.2) is 54.7 Å². The fourth-order valence-corrected chi connectivity index (χ4v) is 4.49. The Bertz CT molecular complexity index is 1210. The maximum absolute atomic E-state index is 12.7. The summed E-state index contributed by atoms with van der Waals surface area (Å²) in [7, 11) is 1.58. The molecule has 3 N–H and O–H groups in total. The Labute approximate surface area is 203 Å². The number of nitrogens with one attached hydrogen (secondary N) is 2. The Morgan fingerprint density at radius 2 is 1.71 bits per heavy atom. The lowest BCUT2D eigenvalue weighted by Crippen LogP contribution is -2.41. The average molecular weight is 477 g/mol. The van der Waals surface area contributed by atoms with Crippen molar-refractivity contribution in [2.24, 2.45) is 7.05 Å². The number of hydrogen-bond donors (Lipinski definition) is 3. The highest BCUT2D eigenvalue weighted by molar-refractivity contribution is 5.96. The van der Waals surface area contributed by atoms with Gasteiger partial charge in [0.05, 0.1) is 12.7 Å². The van der Waals surface area contributed by atoms with E-state index in [-0.39, 0.29) is 24.8 Å². The monoisotopic (exact) mass is 476 g/mol. The molecular formula is C26H28N4O5. The minimum absolute atomic E-state index is 0.0127. The van der Waals surface area contributed by atoms with E-state index in [2.05, 4.69) is 27.9 Å². The van der Waals surface area contributed by atoms with Gasteiger partial charge in [0.15, 0.2) is 0 Å². The number of rotatable bonds is 9. The van der Waals surface area contributed by atoms with Crippen molar-refractivity contribution in [1.29, 1.82) is 0 Å². The number of nitrogens with zero attached hydrogens (tertiary/aromatic N) is 2. The van der Waals surface area contributed by atoms with Gasteiger partial charge in [-0.3, -0.25) is 9.48 Å². The van der Waals surface area contributed by atoms with Crippen molar-refractivity contribution >= 4 is 18.0 Å². The molecule has 0 radical (unpaired) electrons. The van der Waals surface area contributed by atoms with Crippen molar-refractivity contribution in [3.8, 4) is 11.1 Å². The van der Waals surface area contributed by atoms with E-state index in [9.17, 15) is 19.5 Å². The summed E-state index contributed by atoms with van der Waals surface area (Å²) >= 11 is 0. The van der Waals surface area contributed by atoms with Gasteiger partial charge in [-0.15, -0.1) is 0 Å². The molecule has 1 atom stereocenters. The molecular weight excluding hydrogens is 448 g/mol. The number of carbonyl (C=O) groups excluding carboxylic acids is 2. The Morgan fingerprint density at radius 1 is 1.09 bits per heavy atom. The maximum Gasteiger partial charge on any atom is 0.407 e. The lowest BCUT2D eigenvalue weighted by atomic mass is 9.98. The van der Waals surface area contributed by atoms with Crippen molar-refractivity contribution < 1.29 is 24.2 Å². The highest BCUT2D eigenvalue weighted by atomic mass is 16.5. The van der Waals surface area contributed by atoms with Gasteiger partial charge in [-0.25, -0.2) is 9.59 Å². The van der Waals surface area contributed by atoms with Gasteiger partial charge >= 0.3 is 12.1 Å². The predicted molar refractivity (Wildman–Crippen MR) is 129 cm³/mol. The van der Waals surface area contributed by atoms with Crippen LogP contribution in [0.1, 0.15) is 52.9 Å². The molecule has 35 heavy (non-hydrogen) atoms. The number of carboxylic acids is 1. The second-order valence-corrected chi connectivity index (χ2v) is 8.47. The largest absolute Gasteiger partial charge is 0.480 e. The molecule has 0 saturated carbocycles. The smallest absolute Gasteiger partial charge is 0.407 e. The molecule has 0 spiro atoms. The normalized spacial score (nSPS) is 13.0. The summed E-state index contributed by atoms with van der Waals surface area (Å²) < 4.78 is 6.90. The van der Waals surface area contributed by atoms with Gasteiger partial charge in [0.25, 0.3) is 5.91 Å². The van der Waals surface area contributed by atoms with Crippen LogP contribution in [0.25, 0.3) is 11.1 Å². The minimum atomic E-state index is -1.10. The van der Waals surface area contributed by atoms with Crippen molar-refractivity contribution in [1.82, 2.24) is 20.4 Å². The highest BCUT2D eigenvalue weighted by Gasteiger charge is 2.29. The molecule has 0 saturated heterocycles. The van der Waals surface area contributed by atoms with Crippen LogP contribution in [0, 0.1) is 0 Å². The van der Waals surface area contributed by atoms with Crippen LogP contribution in [-0.4, -0.2) is 45.5 Å². The molecule has 9 heteroatoms. The van der Waals surface area contributed by atoms with Crippen LogP contribution < -0.4 is 10.6 Å². The van der Waals surface area contributed by atoms with Crippen LogP contribution in [-0.2, 0) is 23.1 Å². The molecule has 1 aromatic heterocycles. The molecule has 1 heterocycles. The lowest BCUT2D eigenvalue weighted by molar-refractivity contribution is -0.139. The first-order valence-electron chi connectivity index (χ1n) is 11.5. The van der Waals surface area contributed by atoms with E-state index in [1.54, 1.807) is 7.05 Å². The Hall–Kier alpha value is -4.14. The van der Waals surface area contributed by atoms with Crippen molar-refractivity contribution in [2.45, 2.75) is 38.3 Å². The van der Waals surface area contributed by atoms with E-state index in [0.717, 1.165) is 22.3 Å². The summed E-state index contributed by atoms with van der Waals surface area (Å²) in [6.45, 7) is 2.03. The first kappa shape index (κ1) is 24.0. The minimum Gasteiger partial charge on any atom is -0.480 e. The number of aryl methyl sites for hydroxylation is 1. The highest BCUT2D eigenvalue weighted by Crippen LogP contribution is 2.44. The standard InChI is InChI=1S/C26H28N4O5/c1-3-8-22(25(32)33)29-24(31)23-16(14-28-30(23)2)13-27-26(34)35-15-21-19-11-6-4-9-17(19)18-10-5-7-12-20(18)21/h4-7,9-12,14,21-22H,3,8,13,15H2,1-2H3,(H,27,34)(H,29,31)(H,32,33). The molecule has 0 bridgehead atoms. The van der Waals surface area contributed by atoms with Crippen LogP contribution in [0.5, 0.6) is 0 Å². The molecule has 3 aromatic rings. The van der Waals surface area contributed by atoms with Gasteiger partial charge < -0.3 is 20.5 Å². The molecule has 2 amide bonds. The number of ether oxygens (including phenoxy) is 1. The SMILES string of the molecule is CCCC(NC(=O)c1c(CNC(=O)OCC2c3ccccc3-c3ccccc32)cnn1C)C(=O)O. The molecule has 1 unspecified atom stereocenters. The third-order valence-corrected chi connectivity index (χ3v) is 6.18. The van der Waals surface area contributed by atoms with Gasteiger partial charge in [-0.2, -0.15) is 5.10 Å². The quantitative estimate of drug-likeness (QED) is 0.435. The van der Waals surface area contributed by atoms with E-state index in [1.165, 1.54) is 10.9 Å². The number of carboxylic acid groups (broad SMARTS) is 1. The summed E-state index contributed by atoms with van der Waals surface area (Å²) in [6, 6.07) is 15.2. The Morgan fingerprint density at radius 3 is 2.31 bits per heavy atom. The number of aliphatic carboxylic acids is 1. The topological polar surface area (TPSA) is 123 Å². The maximum atomic E-state index is 12.7. The van der Waals surface area contributed by atoms with Gasteiger partial charge in [-0.05, 0) is 28.7 Å². The molecule has 9 nitrogen and oxygen atoms in total. The first-order chi connectivity index (χ1) is 16.9. The third kappa shape index (κ3) is 5.03. The number of benzene rings is 2. The average Bonchev–Trinajstić information content (AvgIpc) is 3.38. The van der Waals surface area contributed by atoms with Crippen LogP contribution in [0.3, 0.4) is 0 Å². The zero-order chi connectivity index (χ0) is 24.9. The fraction of sp³-hybridized carbons (Fsp3) is 0.308. The van der Waals surface area contributed by atoms with Gasteiger partial charge in [0, 0.05) is 18.5 Å². The molecule has 4 rings (SSSR count). The molecule has 2 aromatic carbocycles. The van der Waals surface area contributed by atoms with Gasteiger partial charge in [0.1, 0.15) is 18.3 Å². The number of aromatic nitrogens is 2. The van der Waals surface area contributed by atoms with Crippen molar-refractivity contribution in [2.75, 3.05) is 6.61 Å². The van der Waals surface area contributed by atoms with E-state index >= 15 is 0 Å². The second kappa shape index (κ2) is 10.4. The van der Waals surface area contributed by atoms with E-state index in [1.807, 2.05) is 43.3 Å². The summed E-state index contributed by atoms with van der Waals surface area (Å²) in [4.78, 5) is 36.6. The van der Waals surface area contributed by atoms with Gasteiger partial charge in [-0.1, -0.05) is 61.9 Å². The fourth-order valence-electron chi connectivity index (χ4n) is 4.49.